The topological polar surface area (TPSA) is 89.3 Å². The third kappa shape index (κ3) is 4.68. The maximum Gasteiger partial charge on any atom is 0.244 e. The van der Waals surface area contributed by atoms with Crippen molar-refractivity contribution in [1.29, 1.82) is 0 Å². The Labute approximate surface area is 206 Å². The summed E-state index contributed by atoms with van der Waals surface area (Å²) in [6.45, 7) is 3.16. The number of nitrogens with zero attached hydrogens (tertiary/aromatic N) is 4. The van der Waals surface area contributed by atoms with Crippen molar-refractivity contribution >= 4 is 46.6 Å². The minimum atomic E-state index is -0.482. The molecule has 1 aromatic heterocycles. The molecule has 2 atom stereocenters. The van der Waals surface area contributed by atoms with Gasteiger partial charge in [-0.1, -0.05) is 35.5 Å². The molecule has 1 N–H and O–H groups in total. The predicted molar refractivity (Wildman–Crippen MR) is 132 cm³/mol. The second kappa shape index (κ2) is 9.77. The SMILES string of the molecule is C[C@H](Sc1nnc(-c2ccc(Cl)cc2)n1C[C@H]1CCCO1)C(=O)N1CC(=O)Nc2ccccc21. The summed E-state index contributed by atoms with van der Waals surface area (Å²) >= 11 is 7.40. The lowest BCUT2D eigenvalue weighted by molar-refractivity contribution is -0.121. The van der Waals surface area contributed by atoms with Gasteiger partial charge in [-0.3, -0.25) is 19.1 Å². The highest BCUT2D eigenvalue weighted by Gasteiger charge is 2.31. The van der Waals surface area contributed by atoms with E-state index in [1.54, 1.807) is 6.07 Å². The molecule has 2 aliphatic rings. The van der Waals surface area contributed by atoms with E-state index in [1.165, 1.54) is 16.7 Å². The Morgan fingerprint density at radius 2 is 2.03 bits per heavy atom. The van der Waals surface area contributed by atoms with Crippen molar-refractivity contribution in [2.45, 2.75) is 42.8 Å². The number of hydrogen-bond acceptors (Lipinski definition) is 6. The van der Waals surface area contributed by atoms with E-state index in [0.717, 1.165) is 25.0 Å². The Bertz CT molecular complexity index is 1210. The Balaban J connectivity index is 1.41. The third-order valence-electron chi connectivity index (χ3n) is 5.90. The normalized spacial score (nSPS) is 18.5. The molecule has 1 saturated heterocycles. The van der Waals surface area contributed by atoms with Crippen LogP contribution in [0.15, 0.2) is 53.7 Å². The molecule has 8 nitrogen and oxygen atoms in total. The van der Waals surface area contributed by atoms with Crippen molar-refractivity contribution in [1.82, 2.24) is 14.8 Å². The van der Waals surface area contributed by atoms with Gasteiger partial charge in [0.25, 0.3) is 0 Å². The summed E-state index contributed by atoms with van der Waals surface area (Å²) in [6, 6.07) is 14.8. The third-order valence-corrected chi connectivity index (χ3v) is 7.22. The van der Waals surface area contributed by atoms with Crippen LogP contribution in [0.25, 0.3) is 11.4 Å². The summed E-state index contributed by atoms with van der Waals surface area (Å²) < 4.78 is 7.88. The average molecular weight is 498 g/mol. The predicted octanol–water partition coefficient (Wildman–Crippen LogP) is 4.24. The zero-order chi connectivity index (χ0) is 23.7. The van der Waals surface area contributed by atoms with Crippen molar-refractivity contribution in [3.8, 4) is 11.4 Å². The van der Waals surface area contributed by atoms with Crippen LogP contribution >= 0.6 is 23.4 Å². The maximum atomic E-state index is 13.4. The number of halogens is 1. The van der Waals surface area contributed by atoms with E-state index in [9.17, 15) is 9.59 Å². The molecular formula is C24H24ClN5O3S. The highest BCUT2D eigenvalue weighted by atomic mass is 35.5. The molecule has 0 bridgehead atoms. The number of para-hydroxylation sites is 2. The number of nitrogens with one attached hydrogen (secondary N) is 1. The standard InChI is InChI=1S/C24H24ClN5O3S/c1-15(23(32)29-14-21(31)26-19-6-2-3-7-20(19)29)34-24-28-27-22(16-8-10-17(25)11-9-16)30(24)13-18-5-4-12-33-18/h2-3,6-11,15,18H,4-5,12-14H2,1H3,(H,26,31)/t15-,18+/m0/s1. The summed E-state index contributed by atoms with van der Waals surface area (Å²) in [6.07, 6.45) is 2.07. The first-order valence-electron chi connectivity index (χ1n) is 11.2. The lowest BCUT2D eigenvalue weighted by Gasteiger charge is -2.30. The van der Waals surface area contributed by atoms with Gasteiger partial charge in [-0.05, 0) is 56.2 Å². The fourth-order valence-electron chi connectivity index (χ4n) is 4.20. The number of carbonyl (C=O) groups is 2. The quantitative estimate of drug-likeness (QED) is 0.512. The molecule has 3 aromatic rings. The molecule has 0 spiro atoms. The number of benzene rings is 2. The van der Waals surface area contributed by atoms with Crippen molar-refractivity contribution in [2.24, 2.45) is 0 Å². The highest BCUT2D eigenvalue weighted by molar-refractivity contribution is 8.00. The summed E-state index contributed by atoms with van der Waals surface area (Å²) in [5, 5.41) is 12.5. The first-order valence-corrected chi connectivity index (χ1v) is 12.4. The molecule has 176 valence electrons. The van der Waals surface area contributed by atoms with Gasteiger partial charge in [0.2, 0.25) is 11.8 Å². The molecule has 34 heavy (non-hydrogen) atoms. The number of amides is 2. The first kappa shape index (κ1) is 22.9. The van der Waals surface area contributed by atoms with Crippen molar-refractivity contribution < 1.29 is 14.3 Å². The zero-order valence-corrected chi connectivity index (χ0v) is 20.2. The van der Waals surface area contributed by atoms with E-state index in [4.69, 9.17) is 16.3 Å². The van der Waals surface area contributed by atoms with Gasteiger partial charge in [0.1, 0.15) is 6.54 Å². The van der Waals surface area contributed by atoms with Gasteiger partial charge >= 0.3 is 0 Å². The number of carbonyl (C=O) groups excluding carboxylic acids is 2. The fraction of sp³-hybridized carbons (Fsp3) is 0.333. The van der Waals surface area contributed by atoms with Gasteiger partial charge in [0.05, 0.1) is 29.3 Å². The van der Waals surface area contributed by atoms with Crippen LogP contribution in [0.5, 0.6) is 0 Å². The highest BCUT2D eigenvalue weighted by Crippen LogP contribution is 2.33. The minimum absolute atomic E-state index is 0.0145. The van der Waals surface area contributed by atoms with Crippen LogP contribution in [0.3, 0.4) is 0 Å². The second-order valence-electron chi connectivity index (χ2n) is 8.31. The first-order chi connectivity index (χ1) is 16.5. The summed E-state index contributed by atoms with van der Waals surface area (Å²) in [4.78, 5) is 27.1. The van der Waals surface area contributed by atoms with E-state index in [-0.39, 0.29) is 24.5 Å². The van der Waals surface area contributed by atoms with E-state index >= 15 is 0 Å². The van der Waals surface area contributed by atoms with Crippen molar-refractivity contribution in [2.75, 3.05) is 23.4 Å². The number of rotatable bonds is 6. The lowest BCUT2D eigenvalue weighted by Crippen LogP contribution is -2.45. The molecule has 0 unspecified atom stereocenters. The molecule has 1 fully saturated rings. The molecule has 0 radical (unpaired) electrons. The van der Waals surface area contributed by atoms with Gasteiger partial charge < -0.3 is 10.1 Å². The van der Waals surface area contributed by atoms with Gasteiger partial charge in [-0.15, -0.1) is 10.2 Å². The number of aromatic nitrogens is 3. The van der Waals surface area contributed by atoms with Crippen LogP contribution in [-0.4, -0.2) is 51.1 Å². The summed E-state index contributed by atoms with van der Waals surface area (Å²) in [7, 11) is 0. The maximum absolute atomic E-state index is 13.4. The van der Waals surface area contributed by atoms with E-state index in [2.05, 4.69) is 15.5 Å². The molecule has 0 saturated carbocycles. The van der Waals surface area contributed by atoms with Gasteiger partial charge in [0.15, 0.2) is 11.0 Å². The molecule has 5 rings (SSSR count). The molecular weight excluding hydrogens is 474 g/mol. The Hall–Kier alpha value is -2.88. The van der Waals surface area contributed by atoms with Gasteiger partial charge in [-0.2, -0.15) is 0 Å². The number of hydrogen-bond donors (Lipinski definition) is 1. The Kier molecular flexibility index (Phi) is 6.58. The zero-order valence-electron chi connectivity index (χ0n) is 18.6. The van der Waals surface area contributed by atoms with E-state index in [0.29, 0.717) is 33.9 Å². The molecule has 10 heteroatoms. The number of ether oxygens (including phenoxy) is 1. The van der Waals surface area contributed by atoms with Crippen LogP contribution in [0.2, 0.25) is 5.02 Å². The number of anilines is 2. The fourth-order valence-corrected chi connectivity index (χ4v) is 5.25. The van der Waals surface area contributed by atoms with Gasteiger partial charge in [0, 0.05) is 17.2 Å². The minimum Gasteiger partial charge on any atom is -0.376 e. The lowest BCUT2D eigenvalue weighted by atomic mass is 10.2. The monoisotopic (exact) mass is 497 g/mol. The van der Waals surface area contributed by atoms with Crippen LogP contribution in [0.1, 0.15) is 19.8 Å². The Morgan fingerprint density at radius 1 is 1.24 bits per heavy atom. The molecule has 3 heterocycles. The van der Waals surface area contributed by atoms with E-state index in [1.807, 2.05) is 54.0 Å². The number of thioether (sulfide) groups is 1. The van der Waals surface area contributed by atoms with Crippen LogP contribution in [0.4, 0.5) is 11.4 Å². The average Bonchev–Trinajstić information content (AvgIpc) is 3.49. The van der Waals surface area contributed by atoms with Crippen molar-refractivity contribution in [3.63, 3.8) is 0 Å². The van der Waals surface area contributed by atoms with Crippen LogP contribution in [-0.2, 0) is 20.9 Å². The van der Waals surface area contributed by atoms with Crippen LogP contribution < -0.4 is 10.2 Å². The van der Waals surface area contributed by atoms with Crippen LogP contribution in [0, 0.1) is 0 Å². The van der Waals surface area contributed by atoms with E-state index < -0.39 is 5.25 Å². The molecule has 0 aliphatic carbocycles. The summed E-state index contributed by atoms with van der Waals surface area (Å²) in [5.41, 5.74) is 2.22. The molecule has 2 aliphatic heterocycles. The Morgan fingerprint density at radius 3 is 2.79 bits per heavy atom. The van der Waals surface area contributed by atoms with Gasteiger partial charge in [-0.25, -0.2) is 0 Å². The number of fused-ring (bicyclic) bond motifs is 1. The molecule has 2 amide bonds. The smallest absolute Gasteiger partial charge is 0.244 e. The largest absolute Gasteiger partial charge is 0.376 e. The molecule has 2 aromatic carbocycles. The van der Waals surface area contributed by atoms with Crippen molar-refractivity contribution in [3.05, 3.63) is 53.6 Å². The summed E-state index contributed by atoms with van der Waals surface area (Å²) in [5.74, 6) is 0.333. The second-order valence-corrected chi connectivity index (χ2v) is 10.1.